The van der Waals surface area contributed by atoms with Crippen molar-refractivity contribution >= 4 is 17.2 Å². The third-order valence-electron chi connectivity index (χ3n) is 4.48. The lowest BCUT2D eigenvalue weighted by molar-refractivity contribution is 0.0955. The Morgan fingerprint density at radius 1 is 0.862 bits per heavy atom. The third-order valence-corrected chi connectivity index (χ3v) is 5.62. The van der Waals surface area contributed by atoms with Crippen LogP contribution in [0.2, 0.25) is 0 Å². The summed E-state index contributed by atoms with van der Waals surface area (Å²) in [5.74, 6) is 1.54. The molecule has 0 fully saturated rings. The predicted molar refractivity (Wildman–Crippen MR) is 119 cm³/mol. The molecule has 1 heterocycles. The van der Waals surface area contributed by atoms with Crippen molar-refractivity contribution < 1.29 is 9.53 Å². The minimum atomic E-state index is -0.0493. The number of rotatable bonds is 6. The number of hydrogen-bond donors (Lipinski definition) is 1. The minimum Gasteiger partial charge on any atom is -0.457 e. The molecular weight excluding hydrogens is 378 g/mol. The molecular formula is C25H21NO2S. The van der Waals surface area contributed by atoms with Crippen LogP contribution in [0.5, 0.6) is 11.5 Å². The predicted octanol–water partition coefficient (Wildman–Crippen LogP) is 6.45. The van der Waals surface area contributed by atoms with Gasteiger partial charge in [-0.2, -0.15) is 0 Å². The number of hydrogen-bond acceptors (Lipinski definition) is 3. The first-order chi connectivity index (χ1) is 14.2. The molecule has 0 radical (unpaired) electrons. The Balaban J connectivity index is 1.39. The van der Waals surface area contributed by atoms with E-state index < -0.39 is 0 Å². The molecule has 1 N–H and O–H groups in total. The highest BCUT2D eigenvalue weighted by atomic mass is 32.1. The zero-order valence-electron chi connectivity index (χ0n) is 16.1. The lowest BCUT2D eigenvalue weighted by atomic mass is 10.1. The standard InChI is InChI=1S/C25H21NO2S/c1-18-6-5-7-19(16-18)17-26-25(27)24-15-14-23(29-24)20-10-12-22(13-11-20)28-21-8-3-2-4-9-21/h2-16H,17H2,1H3,(H,26,27). The van der Waals surface area contributed by atoms with E-state index in [1.54, 1.807) is 0 Å². The highest BCUT2D eigenvalue weighted by Gasteiger charge is 2.10. The zero-order valence-corrected chi connectivity index (χ0v) is 16.9. The Kier molecular flexibility index (Phi) is 5.73. The van der Waals surface area contributed by atoms with E-state index in [4.69, 9.17) is 4.74 Å². The van der Waals surface area contributed by atoms with Gasteiger partial charge in [-0.05, 0) is 66.6 Å². The number of aryl methyl sites for hydroxylation is 1. The maximum Gasteiger partial charge on any atom is 0.261 e. The molecule has 0 saturated carbocycles. The summed E-state index contributed by atoms with van der Waals surface area (Å²) in [6.45, 7) is 2.58. The van der Waals surface area contributed by atoms with Crippen LogP contribution >= 0.6 is 11.3 Å². The van der Waals surface area contributed by atoms with Gasteiger partial charge in [0.2, 0.25) is 0 Å². The van der Waals surface area contributed by atoms with Gasteiger partial charge in [-0.15, -0.1) is 11.3 Å². The van der Waals surface area contributed by atoms with Crippen molar-refractivity contribution in [1.82, 2.24) is 5.32 Å². The third kappa shape index (κ3) is 4.92. The maximum atomic E-state index is 12.5. The molecule has 29 heavy (non-hydrogen) atoms. The monoisotopic (exact) mass is 399 g/mol. The largest absolute Gasteiger partial charge is 0.457 e. The lowest BCUT2D eigenvalue weighted by Crippen LogP contribution is -2.21. The SMILES string of the molecule is Cc1cccc(CNC(=O)c2ccc(-c3ccc(Oc4ccccc4)cc3)s2)c1. The minimum absolute atomic E-state index is 0.0493. The average Bonchev–Trinajstić information content (AvgIpc) is 3.24. The fourth-order valence-electron chi connectivity index (χ4n) is 3.02. The molecule has 144 valence electrons. The molecule has 4 aromatic rings. The lowest BCUT2D eigenvalue weighted by Gasteiger charge is -2.06. The van der Waals surface area contributed by atoms with Crippen LogP contribution in [-0.2, 0) is 6.54 Å². The van der Waals surface area contributed by atoms with Gasteiger partial charge in [0, 0.05) is 11.4 Å². The molecule has 0 unspecified atom stereocenters. The van der Waals surface area contributed by atoms with E-state index in [2.05, 4.69) is 11.4 Å². The van der Waals surface area contributed by atoms with E-state index in [1.165, 1.54) is 16.9 Å². The van der Waals surface area contributed by atoms with E-state index >= 15 is 0 Å². The van der Waals surface area contributed by atoms with Gasteiger partial charge in [0.05, 0.1) is 4.88 Å². The van der Waals surface area contributed by atoms with Crippen LogP contribution in [-0.4, -0.2) is 5.91 Å². The quantitative estimate of drug-likeness (QED) is 0.405. The molecule has 0 aliphatic heterocycles. The fourth-order valence-corrected chi connectivity index (χ4v) is 3.95. The van der Waals surface area contributed by atoms with Gasteiger partial charge in [0.1, 0.15) is 11.5 Å². The number of benzene rings is 3. The first-order valence-corrected chi connectivity index (χ1v) is 10.3. The Labute approximate surface area is 174 Å². The summed E-state index contributed by atoms with van der Waals surface area (Å²) < 4.78 is 5.83. The molecule has 0 bridgehead atoms. The molecule has 3 aromatic carbocycles. The van der Waals surface area contributed by atoms with Gasteiger partial charge in [-0.25, -0.2) is 0 Å². The molecule has 1 aromatic heterocycles. The van der Waals surface area contributed by atoms with Crippen LogP contribution < -0.4 is 10.1 Å². The van der Waals surface area contributed by atoms with Crippen molar-refractivity contribution in [1.29, 1.82) is 0 Å². The fraction of sp³-hybridized carbons (Fsp3) is 0.0800. The van der Waals surface area contributed by atoms with Gasteiger partial charge in [0.15, 0.2) is 0 Å². The van der Waals surface area contributed by atoms with Crippen LogP contribution in [0, 0.1) is 6.92 Å². The molecule has 0 aliphatic carbocycles. The molecule has 4 rings (SSSR count). The van der Waals surface area contributed by atoms with Crippen LogP contribution in [0.15, 0.2) is 91.0 Å². The number of amides is 1. The van der Waals surface area contributed by atoms with Crippen molar-refractivity contribution in [3.63, 3.8) is 0 Å². The Morgan fingerprint density at radius 2 is 1.62 bits per heavy atom. The van der Waals surface area contributed by atoms with Crippen LogP contribution in [0.4, 0.5) is 0 Å². The molecule has 0 saturated heterocycles. The first kappa shape index (κ1) is 19.0. The van der Waals surface area contributed by atoms with E-state index in [0.29, 0.717) is 11.4 Å². The van der Waals surface area contributed by atoms with Crippen molar-refractivity contribution in [3.05, 3.63) is 107 Å². The molecule has 1 amide bonds. The second-order valence-electron chi connectivity index (χ2n) is 6.78. The number of ether oxygens (including phenoxy) is 1. The van der Waals surface area contributed by atoms with Crippen LogP contribution in [0.3, 0.4) is 0 Å². The second-order valence-corrected chi connectivity index (χ2v) is 7.86. The van der Waals surface area contributed by atoms with Crippen molar-refractivity contribution in [2.75, 3.05) is 0 Å². The van der Waals surface area contributed by atoms with Crippen molar-refractivity contribution in [3.8, 4) is 21.9 Å². The van der Waals surface area contributed by atoms with E-state index in [9.17, 15) is 4.79 Å². The van der Waals surface area contributed by atoms with E-state index in [-0.39, 0.29) is 5.91 Å². The summed E-state index contributed by atoms with van der Waals surface area (Å²) in [4.78, 5) is 14.2. The normalized spacial score (nSPS) is 10.5. The highest BCUT2D eigenvalue weighted by molar-refractivity contribution is 7.17. The summed E-state index contributed by atoms with van der Waals surface area (Å²) in [5, 5.41) is 3.00. The number of carbonyl (C=O) groups excluding carboxylic acids is 1. The smallest absolute Gasteiger partial charge is 0.261 e. The molecule has 0 spiro atoms. The Bertz CT molecular complexity index is 1100. The van der Waals surface area contributed by atoms with Gasteiger partial charge in [0.25, 0.3) is 5.91 Å². The summed E-state index contributed by atoms with van der Waals surface area (Å²) in [6.07, 6.45) is 0. The van der Waals surface area contributed by atoms with Crippen LogP contribution in [0.25, 0.3) is 10.4 Å². The zero-order chi connectivity index (χ0) is 20.1. The molecule has 0 atom stereocenters. The number of thiophene rings is 1. The van der Waals surface area contributed by atoms with Crippen LogP contribution in [0.1, 0.15) is 20.8 Å². The Morgan fingerprint density at radius 3 is 2.38 bits per heavy atom. The van der Waals surface area contributed by atoms with Gasteiger partial charge in [-0.1, -0.05) is 48.0 Å². The van der Waals surface area contributed by atoms with Gasteiger partial charge >= 0.3 is 0 Å². The maximum absolute atomic E-state index is 12.5. The van der Waals surface area contributed by atoms with Crippen molar-refractivity contribution in [2.24, 2.45) is 0 Å². The van der Waals surface area contributed by atoms with Gasteiger partial charge < -0.3 is 10.1 Å². The second kappa shape index (κ2) is 8.76. The summed E-state index contributed by atoms with van der Waals surface area (Å²) in [5.41, 5.74) is 3.35. The first-order valence-electron chi connectivity index (χ1n) is 9.44. The number of nitrogens with one attached hydrogen (secondary N) is 1. The summed E-state index contributed by atoms with van der Waals surface area (Å²) in [7, 11) is 0. The summed E-state index contributed by atoms with van der Waals surface area (Å²) in [6, 6.07) is 29.6. The van der Waals surface area contributed by atoms with Crippen molar-refractivity contribution in [2.45, 2.75) is 13.5 Å². The topological polar surface area (TPSA) is 38.3 Å². The average molecular weight is 400 g/mol. The number of para-hydroxylation sites is 1. The van der Waals surface area contributed by atoms with E-state index in [0.717, 1.165) is 27.5 Å². The molecule has 3 nitrogen and oxygen atoms in total. The van der Waals surface area contributed by atoms with Gasteiger partial charge in [-0.3, -0.25) is 4.79 Å². The Hall–Kier alpha value is -3.37. The summed E-state index contributed by atoms with van der Waals surface area (Å²) >= 11 is 1.49. The van der Waals surface area contributed by atoms with E-state index in [1.807, 2.05) is 91.9 Å². The number of carbonyl (C=O) groups is 1. The molecule has 4 heteroatoms. The highest BCUT2D eigenvalue weighted by Crippen LogP contribution is 2.30. The molecule has 0 aliphatic rings.